The Morgan fingerprint density at radius 3 is 2.15 bits per heavy atom. The van der Waals surface area contributed by atoms with Crippen LogP contribution in [0.1, 0.15) is 59.3 Å². The maximum absolute atomic E-state index is 10.1. The van der Waals surface area contributed by atoms with E-state index in [9.17, 15) is 10.2 Å². The second-order valence-corrected chi connectivity index (χ2v) is 6.05. The molecule has 0 aliphatic carbocycles. The van der Waals surface area contributed by atoms with Gasteiger partial charge >= 0.3 is 0 Å². The first kappa shape index (κ1) is 19.8. The summed E-state index contributed by atoms with van der Waals surface area (Å²) in [5.41, 5.74) is 0. The lowest BCUT2D eigenvalue weighted by atomic mass is 9.89. The van der Waals surface area contributed by atoms with E-state index in [1.807, 2.05) is 6.92 Å². The average Bonchev–Trinajstić information content (AvgIpc) is 2.47. The van der Waals surface area contributed by atoms with E-state index < -0.39 is 12.2 Å². The highest BCUT2D eigenvalue weighted by Gasteiger charge is 2.26. The lowest BCUT2D eigenvalue weighted by Crippen LogP contribution is -2.39. The monoisotopic (exact) mass is 289 g/mol. The molecule has 0 radical (unpaired) electrons. The highest BCUT2D eigenvalue weighted by atomic mass is 16.3. The van der Waals surface area contributed by atoms with Crippen LogP contribution in [-0.4, -0.2) is 47.2 Å². The predicted molar refractivity (Wildman–Crippen MR) is 83.7 cm³/mol. The molecule has 0 amide bonds. The first-order valence-corrected chi connectivity index (χ1v) is 8.22. The lowest BCUT2D eigenvalue weighted by Gasteiger charge is -2.27. The molecule has 0 saturated heterocycles. The predicted octanol–water partition coefficient (Wildman–Crippen LogP) is 1.92. The van der Waals surface area contributed by atoms with Gasteiger partial charge in [-0.15, -0.1) is 0 Å². The summed E-state index contributed by atoms with van der Waals surface area (Å²) in [5, 5.41) is 31.9. The fourth-order valence-electron chi connectivity index (χ4n) is 2.39. The molecule has 0 unspecified atom stereocenters. The Balaban J connectivity index is 3.59. The molecule has 0 rings (SSSR count). The topological polar surface area (TPSA) is 72.7 Å². The van der Waals surface area contributed by atoms with Gasteiger partial charge in [-0.3, -0.25) is 0 Å². The number of rotatable bonds is 13. The van der Waals surface area contributed by atoms with Crippen molar-refractivity contribution >= 4 is 0 Å². The summed E-state index contributed by atoms with van der Waals surface area (Å²) in [7, 11) is 0. The van der Waals surface area contributed by atoms with Crippen LogP contribution in [0.15, 0.2) is 0 Å². The van der Waals surface area contributed by atoms with E-state index in [2.05, 4.69) is 12.2 Å². The number of hydrogen-bond acceptors (Lipinski definition) is 4. The fourth-order valence-corrected chi connectivity index (χ4v) is 2.39. The molecular formula is C16H35NO3. The van der Waals surface area contributed by atoms with Gasteiger partial charge in [-0.05, 0) is 18.9 Å². The molecule has 4 heteroatoms. The number of aliphatic hydroxyl groups excluding tert-OH is 3. The van der Waals surface area contributed by atoms with E-state index in [0.717, 1.165) is 13.1 Å². The van der Waals surface area contributed by atoms with Gasteiger partial charge in [-0.2, -0.15) is 0 Å². The van der Waals surface area contributed by atoms with Gasteiger partial charge in [-0.25, -0.2) is 0 Å². The summed E-state index contributed by atoms with van der Waals surface area (Å²) in [6.45, 7) is 7.41. The third-order valence-corrected chi connectivity index (χ3v) is 4.09. The zero-order valence-electron chi connectivity index (χ0n) is 13.5. The lowest BCUT2D eigenvalue weighted by molar-refractivity contribution is -0.0281. The van der Waals surface area contributed by atoms with Crippen molar-refractivity contribution in [1.29, 1.82) is 0 Å². The Kier molecular flexibility index (Phi) is 12.5. The Morgan fingerprint density at radius 1 is 0.950 bits per heavy atom. The molecule has 0 aromatic rings. The molecule has 0 aromatic carbocycles. The largest absolute Gasteiger partial charge is 0.394 e. The molecule has 0 aliphatic rings. The molecule has 0 heterocycles. The van der Waals surface area contributed by atoms with E-state index >= 15 is 0 Å². The molecular weight excluding hydrogens is 254 g/mol. The average molecular weight is 289 g/mol. The highest BCUT2D eigenvalue weighted by molar-refractivity contribution is 4.77. The van der Waals surface area contributed by atoms with Crippen LogP contribution in [0, 0.1) is 11.8 Å². The van der Waals surface area contributed by atoms with Crippen LogP contribution >= 0.6 is 0 Å². The van der Waals surface area contributed by atoms with Crippen molar-refractivity contribution in [2.24, 2.45) is 11.8 Å². The maximum atomic E-state index is 10.1. The summed E-state index contributed by atoms with van der Waals surface area (Å²) in [6, 6.07) is 0. The van der Waals surface area contributed by atoms with Crippen LogP contribution in [-0.2, 0) is 0 Å². The number of aliphatic hydroxyl groups is 3. The minimum atomic E-state index is -0.842. The van der Waals surface area contributed by atoms with E-state index in [1.54, 1.807) is 6.92 Å². The first-order valence-electron chi connectivity index (χ1n) is 8.22. The smallest absolute Gasteiger partial charge is 0.0821 e. The van der Waals surface area contributed by atoms with Crippen molar-refractivity contribution in [3.05, 3.63) is 0 Å². The van der Waals surface area contributed by atoms with Gasteiger partial charge in [0, 0.05) is 12.5 Å². The third kappa shape index (κ3) is 8.90. The third-order valence-electron chi connectivity index (χ3n) is 4.09. The molecule has 0 aliphatic heterocycles. The molecule has 4 nitrogen and oxygen atoms in total. The van der Waals surface area contributed by atoms with Crippen molar-refractivity contribution in [2.75, 3.05) is 19.7 Å². The van der Waals surface area contributed by atoms with Gasteiger partial charge in [0.25, 0.3) is 0 Å². The zero-order chi connectivity index (χ0) is 15.4. The molecule has 20 heavy (non-hydrogen) atoms. The summed E-state index contributed by atoms with van der Waals surface area (Å²) in [4.78, 5) is 0. The van der Waals surface area contributed by atoms with Gasteiger partial charge in [0.15, 0.2) is 0 Å². The molecule has 4 N–H and O–H groups in total. The highest BCUT2D eigenvalue weighted by Crippen LogP contribution is 2.16. The normalized spacial score (nSPS) is 17.7. The Morgan fingerprint density at radius 2 is 1.55 bits per heavy atom. The Bertz CT molecular complexity index is 214. The van der Waals surface area contributed by atoms with E-state index in [4.69, 9.17) is 5.11 Å². The van der Waals surface area contributed by atoms with Gasteiger partial charge in [0.1, 0.15) is 0 Å². The number of hydrogen-bond donors (Lipinski definition) is 4. The summed E-state index contributed by atoms with van der Waals surface area (Å²) >= 11 is 0. The number of unbranched alkanes of at least 4 members (excludes halogenated alkanes) is 5. The van der Waals surface area contributed by atoms with Crippen molar-refractivity contribution in [2.45, 2.75) is 71.5 Å². The van der Waals surface area contributed by atoms with Crippen LogP contribution < -0.4 is 5.32 Å². The van der Waals surface area contributed by atoms with Gasteiger partial charge in [0.05, 0.1) is 18.8 Å². The second kappa shape index (κ2) is 12.6. The van der Waals surface area contributed by atoms with E-state index in [1.165, 1.54) is 38.5 Å². The quantitative estimate of drug-likeness (QED) is 0.391. The summed E-state index contributed by atoms with van der Waals surface area (Å²) in [6.07, 6.45) is 6.29. The molecule has 4 atom stereocenters. The Labute approximate surface area is 124 Å². The van der Waals surface area contributed by atoms with Gasteiger partial charge in [0.2, 0.25) is 0 Å². The Hall–Kier alpha value is -0.160. The van der Waals surface area contributed by atoms with Crippen LogP contribution in [0.25, 0.3) is 0 Å². The molecule has 0 fully saturated rings. The SMILES string of the molecule is CCCCCCCCNC[C@H](C)[C@@H](O)[C@H](C)[C@H](O)CO. The fraction of sp³-hybridized carbons (Fsp3) is 1.00. The van der Waals surface area contributed by atoms with E-state index in [0.29, 0.717) is 0 Å². The molecule has 0 spiro atoms. The maximum Gasteiger partial charge on any atom is 0.0821 e. The second-order valence-electron chi connectivity index (χ2n) is 6.05. The first-order chi connectivity index (χ1) is 9.54. The zero-order valence-corrected chi connectivity index (χ0v) is 13.5. The van der Waals surface area contributed by atoms with Crippen molar-refractivity contribution in [3.63, 3.8) is 0 Å². The molecule has 0 saturated carbocycles. The minimum Gasteiger partial charge on any atom is -0.394 e. The standard InChI is InChI=1S/C16H35NO3/c1-4-5-6-7-8-9-10-17-11-13(2)16(20)14(3)15(19)12-18/h13-20H,4-12H2,1-3H3/t13-,14+,15+,16+/m0/s1. The van der Waals surface area contributed by atoms with Crippen molar-refractivity contribution in [3.8, 4) is 0 Å². The minimum absolute atomic E-state index is 0.0753. The van der Waals surface area contributed by atoms with Crippen LogP contribution in [0.4, 0.5) is 0 Å². The van der Waals surface area contributed by atoms with Gasteiger partial charge < -0.3 is 20.6 Å². The molecule has 0 aromatic heterocycles. The van der Waals surface area contributed by atoms with Crippen molar-refractivity contribution in [1.82, 2.24) is 5.32 Å². The van der Waals surface area contributed by atoms with E-state index in [-0.39, 0.29) is 18.4 Å². The van der Waals surface area contributed by atoms with Crippen LogP contribution in [0.3, 0.4) is 0 Å². The van der Waals surface area contributed by atoms with Gasteiger partial charge in [-0.1, -0.05) is 52.9 Å². The molecule has 0 bridgehead atoms. The van der Waals surface area contributed by atoms with Crippen LogP contribution in [0.2, 0.25) is 0 Å². The summed E-state index contributed by atoms with van der Waals surface area (Å²) < 4.78 is 0. The number of nitrogens with one attached hydrogen (secondary N) is 1. The summed E-state index contributed by atoms with van der Waals surface area (Å²) in [5.74, 6) is -0.225. The molecule has 122 valence electrons. The van der Waals surface area contributed by atoms with Crippen molar-refractivity contribution < 1.29 is 15.3 Å². The van der Waals surface area contributed by atoms with Crippen LogP contribution in [0.5, 0.6) is 0 Å².